The minimum Gasteiger partial charge on any atom is -0.395 e. The number of benzene rings is 1. The van der Waals surface area contributed by atoms with E-state index in [-0.39, 0.29) is 30.8 Å². The van der Waals surface area contributed by atoms with E-state index in [2.05, 4.69) is 12.0 Å². The molecule has 2 aliphatic carbocycles. The van der Waals surface area contributed by atoms with Gasteiger partial charge in [0.05, 0.1) is 24.2 Å². The van der Waals surface area contributed by atoms with E-state index in [9.17, 15) is 17.9 Å². The van der Waals surface area contributed by atoms with Gasteiger partial charge in [-0.05, 0) is 62.1 Å². The summed E-state index contributed by atoms with van der Waals surface area (Å²) in [6.07, 6.45) is 4.46. The smallest absolute Gasteiger partial charge is 0.252 e. The molecule has 2 heterocycles. The van der Waals surface area contributed by atoms with Crippen molar-refractivity contribution in [2.45, 2.75) is 43.2 Å². The minimum absolute atomic E-state index is 0.0839. The van der Waals surface area contributed by atoms with E-state index in [0.29, 0.717) is 10.8 Å². The van der Waals surface area contributed by atoms with Crippen molar-refractivity contribution in [2.24, 2.45) is 5.92 Å². The third kappa shape index (κ3) is 4.04. The average Bonchev–Trinajstić information content (AvgIpc) is 3.53. The summed E-state index contributed by atoms with van der Waals surface area (Å²) in [7, 11) is -3.66. The van der Waals surface area contributed by atoms with E-state index >= 15 is 0 Å². The number of hydrogen-bond acceptors (Lipinski definition) is 5. The highest BCUT2D eigenvalue weighted by molar-refractivity contribution is 7.91. The number of hydrogen-bond donors (Lipinski definition) is 1. The molecule has 5 rings (SSSR count). The van der Waals surface area contributed by atoms with Crippen LogP contribution in [0.2, 0.25) is 0 Å². The van der Waals surface area contributed by atoms with Crippen LogP contribution in [0.15, 0.2) is 58.0 Å². The Hall–Kier alpha value is -2.33. The van der Waals surface area contributed by atoms with Gasteiger partial charge in [-0.2, -0.15) is 9.40 Å². The Kier molecular flexibility index (Phi) is 6.22. The number of rotatable bonds is 7. The number of aliphatic hydroxyl groups is 1. The molecule has 0 saturated heterocycles. The number of allylic oxidation sites excluding steroid dienone is 1. The summed E-state index contributed by atoms with van der Waals surface area (Å²) in [5, 5.41) is 14.2. The quantitative estimate of drug-likeness (QED) is 0.486. The first-order chi connectivity index (χ1) is 16.3. The Bertz CT molecular complexity index is 1340. The van der Waals surface area contributed by atoms with Gasteiger partial charge in [0, 0.05) is 35.9 Å². The standard InChI is InChI=1S/C25H28FN3O3S2/c1-16-3-10-24(33-16)34(31,32)28(11-12-30)15-19-5-4-18-13-23-22(17(2)25(18)19)14-27-29(23)21-8-6-20(26)7-9-21/h3,6-10,14,17,19,30H,4-5,11-13,15H2,1-2H3/t17-,19+/m0/s1. The molecule has 0 unspecified atom stereocenters. The number of fused-ring (bicyclic) bond motifs is 1. The molecule has 9 heteroatoms. The highest BCUT2D eigenvalue weighted by Gasteiger charge is 2.38. The molecule has 2 aliphatic rings. The molecule has 0 spiro atoms. The van der Waals surface area contributed by atoms with Crippen LogP contribution in [0.4, 0.5) is 4.39 Å². The van der Waals surface area contributed by atoms with Crippen LogP contribution in [-0.2, 0) is 16.4 Å². The fourth-order valence-corrected chi connectivity index (χ4v) is 8.34. The zero-order chi connectivity index (χ0) is 24.0. The molecule has 0 aliphatic heterocycles. The van der Waals surface area contributed by atoms with Crippen molar-refractivity contribution < 1.29 is 17.9 Å². The van der Waals surface area contributed by atoms with Gasteiger partial charge < -0.3 is 5.11 Å². The lowest BCUT2D eigenvalue weighted by molar-refractivity contribution is 0.243. The second-order valence-electron chi connectivity index (χ2n) is 9.08. The number of sulfonamides is 1. The number of nitrogens with zero attached hydrogens (tertiary/aromatic N) is 3. The molecule has 180 valence electrons. The molecule has 0 fully saturated rings. The van der Waals surface area contributed by atoms with Gasteiger partial charge in [-0.3, -0.25) is 0 Å². The van der Waals surface area contributed by atoms with Crippen LogP contribution in [0, 0.1) is 18.7 Å². The molecule has 3 aromatic rings. The second-order valence-corrected chi connectivity index (χ2v) is 12.5. The molecule has 0 amide bonds. The Morgan fingerprint density at radius 3 is 2.68 bits per heavy atom. The van der Waals surface area contributed by atoms with Gasteiger partial charge in [-0.15, -0.1) is 11.3 Å². The Morgan fingerprint density at radius 1 is 1.24 bits per heavy atom. The van der Waals surface area contributed by atoms with E-state index in [1.165, 1.54) is 38.9 Å². The van der Waals surface area contributed by atoms with Crippen LogP contribution in [0.25, 0.3) is 5.69 Å². The third-order valence-electron chi connectivity index (χ3n) is 7.01. The van der Waals surface area contributed by atoms with Gasteiger partial charge in [-0.1, -0.05) is 18.1 Å². The van der Waals surface area contributed by atoms with Crippen molar-refractivity contribution in [3.63, 3.8) is 0 Å². The van der Waals surface area contributed by atoms with Crippen molar-refractivity contribution in [3.8, 4) is 5.69 Å². The summed E-state index contributed by atoms with van der Waals surface area (Å²) in [4.78, 5) is 0.944. The van der Waals surface area contributed by atoms with Gasteiger partial charge in [0.15, 0.2) is 0 Å². The predicted molar refractivity (Wildman–Crippen MR) is 130 cm³/mol. The first-order valence-electron chi connectivity index (χ1n) is 11.5. The maximum Gasteiger partial charge on any atom is 0.252 e. The van der Waals surface area contributed by atoms with Crippen molar-refractivity contribution in [3.05, 3.63) is 75.7 Å². The highest BCUT2D eigenvalue weighted by atomic mass is 32.2. The second kappa shape index (κ2) is 9.03. The summed E-state index contributed by atoms with van der Waals surface area (Å²) >= 11 is 1.26. The topological polar surface area (TPSA) is 75.4 Å². The third-order valence-corrected chi connectivity index (χ3v) is 10.3. The highest BCUT2D eigenvalue weighted by Crippen LogP contribution is 2.47. The van der Waals surface area contributed by atoms with Gasteiger partial charge in [0.2, 0.25) is 0 Å². The first kappa shape index (κ1) is 23.4. The normalized spacial score (nSPS) is 20.1. The Balaban J connectivity index is 1.42. The summed E-state index contributed by atoms with van der Waals surface area (Å²) in [5.41, 5.74) is 5.75. The Labute approximate surface area is 203 Å². The van der Waals surface area contributed by atoms with Crippen molar-refractivity contribution >= 4 is 21.4 Å². The van der Waals surface area contributed by atoms with Crippen molar-refractivity contribution in [2.75, 3.05) is 19.7 Å². The monoisotopic (exact) mass is 501 g/mol. The molecule has 34 heavy (non-hydrogen) atoms. The van der Waals surface area contributed by atoms with Crippen molar-refractivity contribution in [1.29, 1.82) is 0 Å². The molecule has 0 bridgehead atoms. The van der Waals surface area contributed by atoms with Crippen molar-refractivity contribution in [1.82, 2.24) is 14.1 Å². The van der Waals surface area contributed by atoms with Crippen LogP contribution in [0.3, 0.4) is 0 Å². The van der Waals surface area contributed by atoms with Crippen LogP contribution in [-0.4, -0.2) is 47.3 Å². The lowest BCUT2D eigenvalue weighted by Gasteiger charge is -2.30. The fourth-order valence-electron chi connectivity index (χ4n) is 5.42. The maximum absolute atomic E-state index is 13.4. The summed E-state index contributed by atoms with van der Waals surface area (Å²) < 4.78 is 43.7. The molecule has 6 nitrogen and oxygen atoms in total. The van der Waals surface area contributed by atoms with Crippen LogP contribution < -0.4 is 0 Å². The summed E-state index contributed by atoms with van der Waals surface area (Å²) in [6, 6.07) is 9.82. The summed E-state index contributed by atoms with van der Waals surface area (Å²) in [5.74, 6) is -0.0420. The van der Waals surface area contributed by atoms with Crippen LogP contribution in [0.1, 0.15) is 41.8 Å². The lowest BCUT2D eigenvalue weighted by atomic mass is 9.80. The average molecular weight is 502 g/mol. The van der Waals surface area contributed by atoms with Gasteiger partial charge >= 0.3 is 0 Å². The number of halogens is 1. The van der Waals surface area contributed by atoms with Crippen LogP contribution >= 0.6 is 11.3 Å². The van der Waals surface area contributed by atoms with Gasteiger partial charge in [0.1, 0.15) is 10.0 Å². The molecule has 1 aromatic carbocycles. The number of thiophene rings is 1. The van der Waals surface area contributed by atoms with E-state index in [1.54, 1.807) is 18.2 Å². The zero-order valence-electron chi connectivity index (χ0n) is 19.2. The minimum atomic E-state index is -3.66. The lowest BCUT2D eigenvalue weighted by Crippen LogP contribution is -2.37. The van der Waals surface area contributed by atoms with E-state index in [4.69, 9.17) is 0 Å². The zero-order valence-corrected chi connectivity index (χ0v) is 20.9. The van der Waals surface area contributed by atoms with Gasteiger partial charge in [0.25, 0.3) is 10.0 Å². The predicted octanol–water partition coefficient (Wildman–Crippen LogP) is 4.43. The van der Waals surface area contributed by atoms with E-state index < -0.39 is 10.0 Å². The Morgan fingerprint density at radius 2 is 2.00 bits per heavy atom. The van der Waals surface area contributed by atoms with E-state index in [0.717, 1.165) is 41.1 Å². The number of aromatic nitrogens is 2. The first-order valence-corrected chi connectivity index (χ1v) is 13.8. The van der Waals surface area contributed by atoms with E-state index in [1.807, 2.05) is 23.9 Å². The molecule has 2 aromatic heterocycles. The van der Waals surface area contributed by atoms with Crippen LogP contribution in [0.5, 0.6) is 0 Å². The number of aryl methyl sites for hydroxylation is 1. The maximum atomic E-state index is 13.4. The largest absolute Gasteiger partial charge is 0.395 e. The molecule has 0 radical (unpaired) electrons. The molecular formula is C25H28FN3O3S2. The number of aliphatic hydroxyl groups excluding tert-OH is 1. The molecule has 0 saturated carbocycles. The summed E-state index contributed by atoms with van der Waals surface area (Å²) in [6.45, 7) is 4.29. The molecular weight excluding hydrogens is 473 g/mol. The molecule has 2 atom stereocenters. The molecule has 1 N–H and O–H groups in total. The van der Waals surface area contributed by atoms with Gasteiger partial charge in [-0.25, -0.2) is 17.5 Å². The SMILES string of the molecule is Cc1ccc(S(=O)(=O)N(CCO)C[C@H]2CCC3=C2[C@@H](C)c2cnn(-c4ccc(F)cc4)c2C3)s1. The fraction of sp³-hybridized carbons (Fsp3) is 0.400.